The molecule has 15 heavy (non-hydrogen) atoms. The lowest BCUT2D eigenvalue weighted by molar-refractivity contribution is 0.667. The lowest BCUT2D eigenvalue weighted by atomic mass is 10.1. The summed E-state index contributed by atoms with van der Waals surface area (Å²) in [7, 11) is 0. The third-order valence-corrected chi connectivity index (χ3v) is 2.62. The van der Waals surface area contributed by atoms with Crippen LogP contribution in [0.25, 0.3) is 10.9 Å². The minimum absolute atomic E-state index is 0.925. The van der Waals surface area contributed by atoms with Crippen molar-refractivity contribution in [2.45, 2.75) is 26.3 Å². The highest BCUT2D eigenvalue weighted by Gasteiger charge is 2.07. The highest BCUT2D eigenvalue weighted by atomic mass is 15.3. The maximum Gasteiger partial charge on any atom is 0.0706 e. The molecule has 0 radical (unpaired) electrons. The first-order chi connectivity index (χ1) is 7.36. The highest BCUT2D eigenvalue weighted by Crippen LogP contribution is 2.19. The lowest BCUT2D eigenvalue weighted by Gasteiger charge is -1.95. The Morgan fingerprint density at radius 1 is 1.40 bits per heavy atom. The van der Waals surface area contributed by atoms with Gasteiger partial charge in [0.05, 0.1) is 11.2 Å². The van der Waals surface area contributed by atoms with E-state index >= 15 is 0 Å². The first-order valence-electron chi connectivity index (χ1n) is 5.42. The minimum atomic E-state index is 0.925. The van der Waals surface area contributed by atoms with E-state index in [2.05, 4.69) is 47.5 Å². The molecule has 0 atom stereocenters. The third kappa shape index (κ3) is 1.80. The van der Waals surface area contributed by atoms with Crippen LogP contribution in [0.3, 0.4) is 0 Å². The number of rotatable bonds is 4. The van der Waals surface area contributed by atoms with Gasteiger partial charge in [-0.1, -0.05) is 24.3 Å². The Bertz CT molecular complexity index is 468. The molecule has 2 heteroatoms. The molecule has 0 aliphatic carbocycles. The standard InChI is InChI=1S/C13H16N2/c1-3-5-9-12-11-8-6-7-10-13(11)15(4-2)14-12/h3,6-8,10H,1,4-5,9H2,2H3. The fraction of sp³-hybridized carbons (Fsp3) is 0.308. The molecule has 2 nitrogen and oxygen atoms in total. The highest BCUT2D eigenvalue weighted by molar-refractivity contribution is 5.81. The molecule has 0 N–H and O–H groups in total. The number of para-hydroxylation sites is 1. The molecular weight excluding hydrogens is 184 g/mol. The molecule has 2 aromatic rings. The van der Waals surface area contributed by atoms with Crippen LogP contribution in [0, 0.1) is 0 Å². The Hall–Kier alpha value is -1.57. The molecule has 0 aliphatic rings. The summed E-state index contributed by atoms with van der Waals surface area (Å²) in [5, 5.41) is 5.89. The van der Waals surface area contributed by atoms with Crippen LogP contribution in [0.4, 0.5) is 0 Å². The van der Waals surface area contributed by atoms with E-state index in [1.807, 2.05) is 6.08 Å². The zero-order valence-corrected chi connectivity index (χ0v) is 9.11. The van der Waals surface area contributed by atoms with Gasteiger partial charge in [-0.15, -0.1) is 6.58 Å². The van der Waals surface area contributed by atoms with E-state index < -0.39 is 0 Å². The molecule has 1 aromatic heterocycles. The largest absolute Gasteiger partial charge is 0.265 e. The Labute approximate surface area is 90.2 Å². The molecule has 2 rings (SSSR count). The zero-order chi connectivity index (χ0) is 10.7. The van der Waals surface area contributed by atoms with Gasteiger partial charge >= 0.3 is 0 Å². The monoisotopic (exact) mass is 200 g/mol. The van der Waals surface area contributed by atoms with Crippen LogP contribution in [-0.4, -0.2) is 9.78 Å². The molecule has 0 unspecified atom stereocenters. The van der Waals surface area contributed by atoms with Gasteiger partial charge in [0.1, 0.15) is 0 Å². The number of nitrogens with zero attached hydrogens (tertiary/aromatic N) is 2. The summed E-state index contributed by atoms with van der Waals surface area (Å²) < 4.78 is 2.06. The van der Waals surface area contributed by atoms with Crippen molar-refractivity contribution in [1.82, 2.24) is 9.78 Å². The van der Waals surface area contributed by atoms with Gasteiger partial charge in [-0.3, -0.25) is 4.68 Å². The molecule has 0 fully saturated rings. The van der Waals surface area contributed by atoms with E-state index in [1.54, 1.807) is 0 Å². The average molecular weight is 200 g/mol. The second kappa shape index (κ2) is 4.30. The molecule has 0 spiro atoms. The number of benzene rings is 1. The van der Waals surface area contributed by atoms with Gasteiger partial charge in [0.15, 0.2) is 0 Å². The van der Waals surface area contributed by atoms with Crippen LogP contribution < -0.4 is 0 Å². The normalized spacial score (nSPS) is 10.7. The number of aryl methyl sites for hydroxylation is 2. The van der Waals surface area contributed by atoms with Crippen molar-refractivity contribution < 1.29 is 0 Å². The van der Waals surface area contributed by atoms with Crippen molar-refractivity contribution in [3.63, 3.8) is 0 Å². The number of fused-ring (bicyclic) bond motifs is 1. The maximum absolute atomic E-state index is 4.61. The zero-order valence-electron chi connectivity index (χ0n) is 9.11. The van der Waals surface area contributed by atoms with E-state index in [-0.39, 0.29) is 0 Å². The van der Waals surface area contributed by atoms with Gasteiger partial charge < -0.3 is 0 Å². The van der Waals surface area contributed by atoms with E-state index in [0.29, 0.717) is 0 Å². The van der Waals surface area contributed by atoms with Gasteiger partial charge in [0, 0.05) is 11.9 Å². The average Bonchev–Trinajstić information content (AvgIpc) is 2.65. The van der Waals surface area contributed by atoms with Crippen LogP contribution >= 0.6 is 0 Å². The van der Waals surface area contributed by atoms with Crippen LogP contribution in [-0.2, 0) is 13.0 Å². The first-order valence-corrected chi connectivity index (χ1v) is 5.42. The summed E-state index contributed by atoms with van der Waals surface area (Å²) in [5.74, 6) is 0. The van der Waals surface area contributed by atoms with Crippen molar-refractivity contribution in [3.8, 4) is 0 Å². The molecule has 78 valence electrons. The fourth-order valence-corrected chi connectivity index (χ4v) is 1.86. The van der Waals surface area contributed by atoms with Gasteiger partial charge in [0.25, 0.3) is 0 Å². The predicted molar refractivity (Wildman–Crippen MR) is 63.9 cm³/mol. The van der Waals surface area contributed by atoms with Crippen LogP contribution in [0.1, 0.15) is 19.0 Å². The molecule has 0 saturated carbocycles. The third-order valence-electron chi connectivity index (χ3n) is 2.62. The molecule has 0 aliphatic heterocycles. The number of hydrogen-bond donors (Lipinski definition) is 0. The second-order valence-corrected chi connectivity index (χ2v) is 3.61. The van der Waals surface area contributed by atoms with Crippen molar-refractivity contribution in [2.75, 3.05) is 0 Å². The second-order valence-electron chi connectivity index (χ2n) is 3.61. The van der Waals surface area contributed by atoms with Crippen molar-refractivity contribution in [1.29, 1.82) is 0 Å². The minimum Gasteiger partial charge on any atom is -0.265 e. The van der Waals surface area contributed by atoms with Crippen molar-refractivity contribution in [3.05, 3.63) is 42.6 Å². The summed E-state index contributed by atoms with van der Waals surface area (Å²) in [5.41, 5.74) is 2.42. The summed E-state index contributed by atoms with van der Waals surface area (Å²) in [6.07, 6.45) is 3.92. The molecular formula is C13H16N2. The van der Waals surface area contributed by atoms with Gasteiger partial charge in [-0.05, 0) is 25.8 Å². The topological polar surface area (TPSA) is 17.8 Å². The first kappa shape index (κ1) is 9.97. The Morgan fingerprint density at radius 3 is 2.93 bits per heavy atom. The number of aromatic nitrogens is 2. The van der Waals surface area contributed by atoms with Crippen molar-refractivity contribution >= 4 is 10.9 Å². The molecule has 0 saturated heterocycles. The van der Waals surface area contributed by atoms with Crippen LogP contribution in [0.5, 0.6) is 0 Å². The molecule has 0 bridgehead atoms. The van der Waals surface area contributed by atoms with E-state index in [9.17, 15) is 0 Å². The summed E-state index contributed by atoms with van der Waals surface area (Å²) in [6.45, 7) is 6.80. The van der Waals surface area contributed by atoms with Crippen molar-refractivity contribution in [2.24, 2.45) is 0 Å². The number of allylic oxidation sites excluding steroid dienone is 1. The SMILES string of the molecule is C=CCCc1nn(CC)c2ccccc12. The van der Waals surface area contributed by atoms with Gasteiger partial charge in [-0.25, -0.2) is 0 Å². The Kier molecular flexibility index (Phi) is 2.86. The fourth-order valence-electron chi connectivity index (χ4n) is 1.86. The Morgan fingerprint density at radius 2 is 2.20 bits per heavy atom. The summed E-state index contributed by atoms with van der Waals surface area (Å²) >= 11 is 0. The quantitative estimate of drug-likeness (QED) is 0.693. The summed E-state index contributed by atoms with van der Waals surface area (Å²) in [6, 6.07) is 8.41. The maximum atomic E-state index is 4.61. The van der Waals surface area contributed by atoms with Crippen LogP contribution in [0.15, 0.2) is 36.9 Å². The van der Waals surface area contributed by atoms with Gasteiger partial charge in [0.2, 0.25) is 0 Å². The van der Waals surface area contributed by atoms with E-state index in [0.717, 1.165) is 19.4 Å². The van der Waals surface area contributed by atoms with Gasteiger partial charge in [-0.2, -0.15) is 5.10 Å². The van der Waals surface area contributed by atoms with E-state index in [4.69, 9.17) is 0 Å². The Balaban J connectivity index is 2.49. The summed E-state index contributed by atoms with van der Waals surface area (Å²) in [4.78, 5) is 0. The molecule has 0 amide bonds. The lowest BCUT2D eigenvalue weighted by Crippen LogP contribution is -1.96. The van der Waals surface area contributed by atoms with E-state index in [1.165, 1.54) is 16.6 Å². The smallest absolute Gasteiger partial charge is 0.0706 e. The number of hydrogen-bond acceptors (Lipinski definition) is 1. The van der Waals surface area contributed by atoms with Crippen LogP contribution in [0.2, 0.25) is 0 Å². The molecule has 1 heterocycles. The predicted octanol–water partition coefficient (Wildman–Crippen LogP) is 3.17. The molecule has 1 aromatic carbocycles.